The number of benzene rings is 4. The second-order valence-corrected chi connectivity index (χ2v) is 10.8. The van der Waals surface area contributed by atoms with Gasteiger partial charge in [-0.1, -0.05) is 129 Å². The summed E-state index contributed by atoms with van der Waals surface area (Å²) < 4.78 is 12.1. The van der Waals surface area contributed by atoms with Gasteiger partial charge in [-0.15, -0.1) is 0 Å². The van der Waals surface area contributed by atoms with Crippen molar-refractivity contribution in [3.8, 4) is 11.1 Å². The SMILES string of the molecule is CCCC[N+](N)(N)Cc1ccc(-c2ccccc2)cc1.O=P([O-])(c1ccccc1)c1ccccc1. The van der Waals surface area contributed by atoms with E-state index in [0.717, 1.165) is 19.4 Å². The van der Waals surface area contributed by atoms with Gasteiger partial charge < -0.3 is 9.46 Å². The van der Waals surface area contributed by atoms with Crippen LogP contribution in [0.4, 0.5) is 0 Å². The molecule has 0 atom stereocenters. The Kier molecular flexibility index (Phi) is 9.55. The van der Waals surface area contributed by atoms with Crippen LogP contribution in [-0.4, -0.2) is 11.2 Å². The molecule has 0 radical (unpaired) electrons. The van der Waals surface area contributed by atoms with Crippen molar-refractivity contribution in [2.45, 2.75) is 26.3 Å². The lowest BCUT2D eigenvalue weighted by atomic mass is 10.0. The summed E-state index contributed by atoms with van der Waals surface area (Å²) in [6.07, 6.45) is 2.16. The van der Waals surface area contributed by atoms with Crippen LogP contribution in [0, 0.1) is 0 Å². The standard InChI is InChI=1S/C17H24N3.C12H11O2P/c1-2-3-13-20(18,19)14-15-9-11-17(12-10-15)16-7-5-4-6-8-16;13-15(14,11-7-3-1-4-8-11)12-9-5-2-6-10-12/h4-12H,2-3,13-14,18-19H2,1H3;1-10H,(H,13,14)/q+1;/p-1. The van der Waals surface area contributed by atoms with Gasteiger partial charge >= 0.3 is 0 Å². The molecule has 0 fully saturated rings. The lowest BCUT2D eigenvalue weighted by Crippen LogP contribution is -2.59. The van der Waals surface area contributed by atoms with Crippen molar-refractivity contribution in [2.24, 2.45) is 11.7 Å². The average Bonchev–Trinajstić information content (AvgIpc) is 2.90. The smallest absolute Gasteiger partial charge is 0.140 e. The summed E-state index contributed by atoms with van der Waals surface area (Å²) in [6, 6.07) is 35.8. The van der Waals surface area contributed by atoms with Crippen LogP contribution in [0.15, 0.2) is 115 Å². The fourth-order valence-electron chi connectivity index (χ4n) is 3.70. The molecule has 0 aliphatic carbocycles. The maximum Gasteiger partial charge on any atom is 0.140 e. The number of unbranched alkanes of at least 4 members (excludes halogenated alkanes) is 1. The molecule has 0 heterocycles. The van der Waals surface area contributed by atoms with Gasteiger partial charge in [0, 0.05) is 16.2 Å². The number of nitrogens with two attached hydrogens (primary N) is 2. The van der Waals surface area contributed by atoms with Crippen LogP contribution >= 0.6 is 7.37 Å². The minimum atomic E-state index is -3.65. The Balaban J connectivity index is 0.000000203. The zero-order valence-corrected chi connectivity index (χ0v) is 21.1. The third-order valence-corrected chi connectivity index (χ3v) is 7.61. The number of rotatable bonds is 8. The fraction of sp³-hybridized carbons (Fsp3) is 0.172. The van der Waals surface area contributed by atoms with E-state index in [9.17, 15) is 9.46 Å². The Morgan fingerprint density at radius 3 is 1.57 bits per heavy atom. The predicted molar refractivity (Wildman–Crippen MR) is 144 cm³/mol. The number of hydrogen-bond donors (Lipinski definition) is 2. The molecular weight excluding hydrogens is 453 g/mol. The fourth-order valence-corrected chi connectivity index (χ4v) is 5.13. The molecule has 0 saturated heterocycles. The quantitative estimate of drug-likeness (QED) is 0.166. The molecule has 35 heavy (non-hydrogen) atoms. The second kappa shape index (κ2) is 12.6. The van der Waals surface area contributed by atoms with E-state index < -0.39 is 7.37 Å². The summed E-state index contributed by atoms with van der Waals surface area (Å²) in [5.74, 6) is 12.2. The predicted octanol–water partition coefficient (Wildman–Crippen LogP) is 4.49. The average molecular weight is 488 g/mol. The molecule has 182 valence electrons. The molecule has 4 aromatic rings. The van der Waals surface area contributed by atoms with Crippen molar-refractivity contribution >= 4 is 18.0 Å². The molecule has 0 aliphatic rings. The molecule has 0 saturated carbocycles. The third-order valence-electron chi connectivity index (χ3n) is 5.66. The summed E-state index contributed by atoms with van der Waals surface area (Å²) in [6.45, 7) is 3.61. The summed E-state index contributed by atoms with van der Waals surface area (Å²) in [4.78, 5) is 12.1. The monoisotopic (exact) mass is 487 g/mol. The van der Waals surface area contributed by atoms with Crippen LogP contribution < -0.4 is 27.2 Å². The number of quaternary nitrogens is 1. The van der Waals surface area contributed by atoms with Crippen LogP contribution in [-0.2, 0) is 11.1 Å². The first-order valence-electron chi connectivity index (χ1n) is 11.8. The first-order valence-corrected chi connectivity index (χ1v) is 13.5. The van der Waals surface area contributed by atoms with Crippen molar-refractivity contribution in [1.29, 1.82) is 0 Å². The summed E-state index contributed by atoms with van der Waals surface area (Å²) in [5, 5.41) is 0.715. The lowest BCUT2D eigenvalue weighted by molar-refractivity contribution is -0.964. The highest BCUT2D eigenvalue weighted by atomic mass is 31.2. The van der Waals surface area contributed by atoms with Gasteiger partial charge in [0.05, 0.1) is 7.37 Å². The maximum atomic E-state index is 12.1. The van der Waals surface area contributed by atoms with Crippen LogP contribution in [0.25, 0.3) is 11.1 Å². The molecule has 0 aromatic heterocycles. The van der Waals surface area contributed by atoms with E-state index in [-0.39, 0.29) is 4.70 Å². The number of nitrogens with zero attached hydrogens (tertiary/aromatic N) is 1. The van der Waals surface area contributed by atoms with E-state index in [1.165, 1.54) is 16.7 Å². The zero-order valence-electron chi connectivity index (χ0n) is 20.2. The zero-order chi connectivity index (χ0) is 25.2. The van der Waals surface area contributed by atoms with Crippen molar-refractivity contribution < 1.29 is 14.2 Å². The van der Waals surface area contributed by atoms with Crippen molar-refractivity contribution in [1.82, 2.24) is 0 Å². The normalized spacial score (nSPS) is 11.4. The molecule has 0 amide bonds. The Hall–Kier alpha value is -3.05. The molecule has 4 aromatic carbocycles. The highest BCUT2D eigenvalue weighted by Crippen LogP contribution is 2.32. The topological polar surface area (TPSA) is 92.2 Å². The largest absolute Gasteiger partial charge is 0.793 e. The Morgan fingerprint density at radius 2 is 1.11 bits per heavy atom. The summed E-state index contributed by atoms with van der Waals surface area (Å²) >= 11 is 0. The summed E-state index contributed by atoms with van der Waals surface area (Å²) in [5.41, 5.74) is 3.62. The van der Waals surface area contributed by atoms with Crippen LogP contribution in [0.2, 0.25) is 0 Å². The van der Waals surface area contributed by atoms with Gasteiger partial charge in [0.1, 0.15) is 13.1 Å². The Morgan fingerprint density at radius 1 is 0.686 bits per heavy atom. The molecule has 4 rings (SSSR count). The highest BCUT2D eigenvalue weighted by molar-refractivity contribution is 7.72. The van der Waals surface area contributed by atoms with E-state index >= 15 is 0 Å². The van der Waals surface area contributed by atoms with Crippen molar-refractivity contribution in [2.75, 3.05) is 6.54 Å². The van der Waals surface area contributed by atoms with Crippen molar-refractivity contribution in [3.05, 3.63) is 121 Å². The van der Waals surface area contributed by atoms with Gasteiger partial charge in [-0.25, -0.2) is 0 Å². The van der Waals surface area contributed by atoms with Crippen LogP contribution in [0.1, 0.15) is 25.3 Å². The Labute approximate surface area is 208 Å². The first kappa shape index (κ1) is 26.6. The van der Waals surface area contributed by atoms with Crippen molar-refractivity contribution in [3.63, 3.8) is 0 Å². The highest BCUT2D eigenvalue weighted by Gasteiger charge is 2.17. The summed E-state index contributed by atoms with van der Waals surface area (Å²) in [7, 11) is -3.65. The molecule has 0 bridgehead atoms. The first-order chi connectivity index (χ1) is 16.8. The van der Waals surface area contributed by atoms with Gasteiger partial charge in [-0.05, 0) is 17.5 Å². The molecule has 6 heteroatoms. The molecule has 0 aliphatic heterocycles. The minimum Gasteiger partial charge on any atom is -0.793 e. The lowest BCUT2D eigenvalue weighted by Gasteiger charge is -2.26. The molecule has 4 N–H and O–H groups in total. The molecule has 5 nitrogen and oxygen atoms in total. The van der Waals surface area contributed by atoms with Gasteiger partial charge in [-0.3, -0.25) is 0 Å². The van der Waals surface area contributed by atoms with Gasteiger partial charge in [0.15, 0.2) is 0 Å². The van der Waals surface area contributed by atoms with E-state index in [4.69, 9.17) is 11.7 Å². The van der Waals surface area contributed by atoms with Crippen LogP contribution in [0.3, 0.4) is 0 Å². The van der Waals surface area contributed by atoms with E-state index in [1.807, 2.05) is 6.07 Å². The second-order valence-electron chi connectivity index (χ2n) is 8.62. The minimum absolute atomic E-state index is 0.0680. The van der Waals surface area contributed by atoms with Crippen LogP contribution in [0.5, 0.6) is 0 Å². The number of hydrogen-bond acceptors (Lipinski definition) is 4. The van der Waals surface area contributed by atoms with E-state index in [1.54, 1.807) is 60.7 Å². The maximum absolute atomic E-state index is 12.1. The third kappa shape index (κ3) is 8.00. The van der Waals surface area contributed by atoms with Gasteiger partial charge in [-0.2, -0.15) is 16.4 Å². The molecular formula is C29H34N3O2P. The van der Waals surface area contributed by atoms with E-state index in [0.29, 0.717) is 17.2 Å². The Bertz CT molecular complexity index is 1160. The van der Waals surface area contributed by atoms with Gasteiger partial charge in [0.2, 0.25) is 0 Å². The van der Waals surface area contributed by atoms with E-state index in [2.05, 4.69) is 55.5 Å². The molecule has 0 spiro atoms. The van der Waals surface area contributed by atoms with Gasteiger partial charge in [0.25, 0.3) is 0 Å². The molecule has 0 unspecified atom stereocenters.